The SMILES string of the molecule is c1csc(-c2ccc(-c3cc4c(cc3-c3ccc(-c5cccs5)s3)Sc3ccccc3S4)s2)c1. The van der Waals surface area contributed by atoms with Crippen LogP contribution in [0, 0.1) is 0 Å². The van der Waals surface area contributed by atoms with E-state index in [9.17, 15) is 0 Å². The monoisotopic (exact) mass is 544 g/mol. The zero-order chi connectivity index (χ0) is 22.5. The molecule has 4 aromatic heterocycles. The molecule has 5 heterocycles. The number of rotatable bonds is 4. The molecular formula is C28H16S6. The summed E-state index contributed by atoms with van der Waals surface area (Å²) < 4.78 is 0. The third kappa shape index (κ3) is 3.83. The Labute approximate surface area is 223 Å². The maximum absolute atomic E-state index is 2.42. The average Bonchev–Trinajstić information content (AvgIpc) is 3.68. The van der Waals surface area contributed by atoms with Crippen molar-refractivity contribution < 1.29 is 0 Å². The predicted octanol–water partition coefficient (Wildman–Crippen LogP) is 11.2. The molecule has 0 aliphatic carbocycles. The summed E-state index contributed by atoms with van der Waals surface area (Å²) in [6.07, 6.45) is 0. The van der Waals surface area contributed by atoms with E-state index in [1.165, 1.54) is 60.0 Å². The Morgan fingerprint density at radius 3 is 1.29 bits per heavy atom. The molecule has 1 aliphatic rings. The van der Waals surface area contributed by atoms with Crippen LogP contribution in [0.4, 0.5) is 0 Å². The fraction of sp³-hybridized carbons (Fsp3) is 0. The van der Waals surface area contributed by atoms with E-state index in [4.69, 9.17) is 0 Å². The van der Waals surface area contributed by atoms with Crippen molar-refractivity contribution in [3.63, 3.8) is 0 Å². The van der Waals surface area contributed by atoms with Gasteiger partial charge in [-0.15, -0.1) is 45.3 Å². The lowest BCUT2D eigenvalue weighted by Crippen LogP contribution is -1.92. The van der Waals surface area contributed by atoms with Crippen LogP contribution < -0.4 is 0 Å². The molecule has 0 bridgehead atoms. The minimum absolute atomic E-state index is 1.33. The number of thiophene rings is 4. The smallest absolute Gasteiger partial charge is 0.0449 e. The molecule has 164 valence electrons. The van der Waals surface area contributed by atoms with E-state index in [-0.39, 0.29) is 0 Å². The number of fused-ring (bicyclic) bond motifs is 2. The van der Waals surface area contributed by atoms with Gasteiger partial charge in [0.15, 0.2) is 0 Å². The first kappa shape index (κ1) is 21.2. The van der Waals surface area contributed by atoms with Crippen LogP contribution in [0.5, 0.6) is 0 Å². The largest absolute Gasteiger partial charge is 0.143 e. The Bertz CT molecular complexity index is 1480. The minimum atomic E-state index is 1.33. The van der Waals surface area contributed by atoms with Gasteiger partial charge in [0.25, 0.3) is 0 Å². The van der Waals surface area contributed by atoms with E-state index in [1.807, 2.05) is 68.9 Å². The zero-order valence-corrected chi connectivity index (χ0v) is 22.6. The molecule has 0 radical (unpaired) electrons. The first-order chi connectivity index (χ1) is 16.8. The maximum Gasteiger partial charge on any atom is 0.0449 e. The molecule has 6 aromatic rings. The Morgan fingerprint density at radius 2 is 0.853 bits per heavy atom. The molecule has 0 saturated heterocycles. The second-order valence-electron chi connectivity index (χ2n) is 7.78. The van der Waals surface area contributed by atoms with Gasteiger partial charge < -0.3 is 0 Å². The summed E-state index contributed by atoms with van der Waals surface area (Å²) in [5, 5.41) is 4.31. The maximum atomic E-state index is 2.42. The van der Waals surface area contributed by atoms with Crippen molar-refractivity contribution in [1.82, 2.24) is 0 Å². The normalized spacial score (nSPS) is 12.5. The van der Waals surface area contributed by atoms with Crippen LogP contribution >= 0.6 is 68.9 Å². The number of hydrogen-bond acceptors (Lipinski definition) is 6. The molecule has 0 nitrogen and oxygen atoms in total. The van der Waals surface area contributed by atoms with Crippen LogP contribution in [0.2, 0.25) is 0 Å². The van der Waals surface area contributed by atoms with Crippen molar-refractivity contribution in [3.05, 3.63) is 95.7 Å². The Morgan fingerprint density at radius 1 is 0.382 bits per heavy atom. The molecule has 1 aliphatic heterocycles. The van der Waals surface area contributed by atoms with E-state index in [2.05, 4.69) is 95.7 Å². The van der Waals surface area contributed by atoms with Crippen molar-refractivity contribution in [2.75, 3.05) is 0 Å². The van der Waals surface area contributed by atoms with Crippen LogP contribution in [0.3, 0.4) is 0 Å². The van der Waals surface area contributed by atoms with Crippen molar-refractivity contribution in [1.29, 1.82) is 0 Å². The minimum Gasteiger partial charge on any atom is -0.143 e. The summed E-state index contributed by atoms with van der Waals surface area (Å²) >= 11 is 11.2. The van der Waals surface area contributed by atoms with Gasteiger partial charge in [-0.2, -0.15) is 0 Å². The lowest BCUT2D eigenvalue weighted by atomic mass is 10.0. The van der Waals surface area contributed by atoms with Gasteiger partial charge in [-0.05, 0) is 71.4 Å². The van der Waals surface area contributed by atoms with Gasteiger partial charge in [-0.25, -0.2) is 0 Å². The van der Waals surface area contributed by atoms with E-state index in [1.54, 1.807) is 0 Å². The predicted molar refractivity (Wildman–Crippen MR) is 154 cm³/mol. The molecule has 0 saturated carbocycles. The van der Waals surface area contributed by atoms with E-state index in [0.717, 1.165) is 0 Å². The topological polar surface area (TPSA) is 0 Å². The molecule has 6 heteroatoms. The molecule has 0 fully saturated rings. The van der Waals surface area contributed by atoms with Gasteiger partial charge in [-0.3, -0.25) is 0 Å². The zero-order valence-electron chi connectivity index (χ0n) is 17.7. The summed E-state index contributed by atoms with van der Waals surface area (Å²) in [6, 6.07) is 31.4. The van der Waals surface area contributed by atoms with Gasteiger partial charge in [0.2, 0.25) is 0 Å². The first-order valence-corrected chi connectivity index (χ1v) is 15.8. The molecule has 0 unspecified atom stereocenters. The van der Waals surface area contributed by atoms with Gasteiger partial charge in [0.05, 0.1) is 0 Å². The second kappa shape index (κ2) is 8.86. The molecule has 34 heavy (non-hydrogen) atoms. The third-order valence-electron chi connectivity index (χ3n) is 5.64. The quantitative estimate of drug-likeness (QED) is 0.216. The van der Waals surface area contributed by atoms with E-state index < -0.39 is 0 Å². The van der Waals surface area contributed by atoms with E-state index >= 15 is 0 Å². The fourth-order valence-corrected chi connectivity index (χ4v) is 10.1. The molecule has 2 aromatic carbocycles. The molecular weight excluding hydrogens is 529 g/mol. The highest BCUT2D eigenvalue weighted by molar-refractivity contribution is 8.05. The Hall–Kier alpha value is -2.06. The third-order valence-corrected chi connectivity index (χ3v) is 12.5. The average molecular weight is 545 g/mol. The van der Waals surface area contributed by atoms with Gasteiger partial charge in [0.1, 0.15) is 0 Å². The molecule has 0 spiro atoms. The van der Waals surface area contributed by atoms with Crippen molar-refractivity contribution >= 4 is 68.9 Å². The number of hydrogen-bond donors (Lipinski definition) is 0. The van der Waals surface area contributed by atoms with E-state index in [0.29, 0.717) is 0 Å². The fourth-order valence-electron chi connectivity index (χ4n) is 4.05. The van der Waals surface area contributed by atoms with Crippen molar-refractivity contribution in [2.45, 2.75) is 19.6 Å². The van der Waals surface area contributed by atoms with Crippen LogP contribution in [-0.2, 0) is 0 Å². The van der Waals surface area contributed by atoms with Crippen LogP contribution in [0.25, 0.3) is 40.4 Å². The van der Waals surface area contributed by atoms with Gasteiger partial charge in [0, 0.05) is 60.0 Å². The Kier molecular flexibility index (Phi) is 5.54. The highest BCUT2D eigenvalue weighted by Gasteiger charge is 2.22. The standard InChI is InChI=1S/C28H16S6/c1-2-6-24-23(5-1)33-27-15-17(19-9-11-25(31-19)21-7-3-13-29-21)18(16-28(27)34-24)20-10-12-26(32-20)22-8-4-14-30-22/h1-16H. The summed E-state index contributed by atoms with van der Waals surface area (Å²) in [5.41, 5.74) is 2.66. The highest BCUT2D eigenvalue weighted by atomic mass is 32.2. The summed E-state index contributed by atoms with van der Waals surface area (Å²) in [7, 11) is 0. The van der Waals surface area contributed by atoms with Gasteiger partial charge in [-0.1, -0.05) is 47.8 Å². The molecule has 7 rings (SSSR count). The molecule has 0 atom stereocenters. The lowest BCUT2D eigenvalue weighted by molar-refractivity contribution is 1.16. The first-order valence-electron chi connectivity index (χ1n) is 10.7. The van der Waals surface area contributed by atoms with Gasteiger partial charge >= 0.3 is 0 Å². The summed E-state index contributed by atoms with van der Waals surface area (Å²) in [5.74, 6) is 0. The highest BCUT2D eigenvalue weighted by Crippen LogP contribution is 2.53. The number of benzene rings is 2. The van der Waals surface area contributed by atoms with Crippen LogP contribution in [0.1, 0.15) is 0 Å². The lowest BCUT2D eigenvalue weighted by Gasteiger charge is -2.20. The molecule has 0 amide bonds. The van der Waals surface area contributed by atoms with Crippen LogP contribution in [-0.4, -0.2) is 0 Å². The Balaban J connectivity index is 1.38. The summed E-state index contributed by atoms with van der Waals surface area (Å²) in [4.78, 5) is 13.4. The van der Waals surface area contributed by atoms with Crippen molar-refractivity contribution in [2.24, 2.45) is 0 Å². The molecule has 0 N–H and O–H groups in total. The van der Waals surface area contributed by atoms with Crippen molar-refractivity contribution in [3.8, 4) is 40.4 Å². The summed E-state index contributed by atoms with van der Waals surface area (Å²) in [6.45, 7) is 0. The van der Waals surface area contributed by atoms with Crippen LogP contribution in [0.15, 0.2) is 115 Å². The second-order valence-corrected chi connectivity index (χ2v) is 14.0.